The summed E-state index contributed by atoms with van der Waals surface area (Å²) in [5.41, 5.74) is 0.735. The first-order chi connectivity index (χ1) is 13.3. The molecule has 2 atom stereocenters. The normalized spacial score (nSPS) is 21.1. The number of esters is 1. The molecule has 1 fully saturated rings. The van der Waals surface area contributed by atoms with Gasteiger partial charge in [-0.05, 0) is 46.5 Å². The van der Waals surface area contributed by atoms with Gasteiger partial charge in [0.25, 0.3) is 0 Å². The number of anilines is 1. The Morgan fingerprint density at radius 3 is 2.75 bits per heavy atom. The summed E-state index contributed by atoms with van der Waals surface area (Å²) in [4.78, 5) is 29.5. The summed E-state index contributed by atoms with van der Waals surface area (Å²) in [5.74, 6) is -1.07. The predicted molar refractivity (Wildman–Crippen MR) is 109 cm³/mol. The van der Waals surface area contributed by atoms with E-state index in [0.29, 0.717) is 22.3 Å². The third-order valence-electron chi connectivity index (χ3n) is 5.59. The Morgan fingerprint density at radius 2 is 2.14 bits per heavy atom. The minimum atomic E-state index is -0.643. The number of aromatic nitrogens is 1. The fourth-order valence-electron chi connectivity index (χ4n) is 4.04. The van der Waals surface area contributed by atoms with Gasteiger partial charge in [0.2, 0.25) is 5.43 Å². The van der Waals surface area contributed by atoms with Crippen LogP contribution in [0, 0.1) is 5.82 Å². The second kappa shape index (κ2) is 7.08. The molecule has 0 aliphatic carbocycles. The molecule has 28 heavy (non-hydrogen) atoms. The third kappa shape index (κ3) is 2.90. The number of ether oxygens (including phenoxy) is 1. The maximum absolute atomic E-state index is 15.0. The smallest absolute Gasteiger partial charge is 0.344 e. The summed E-state index contributed by atoms with van der Waals surface area (Å²) in [6.45, 7) is 5.40. The third-order valence-corrected chi connectivity index (χ3v) is 6.76. The van der Waals surface area contributed by atoms with Gasteiger partial charge in [0.05, 0.1) is 28.2 Å². The van der Waals surface area contributed by atoms with E-state index in [9.17, 15) is 14.0 Å². The number of rotatable bonds is 4. The van der Waals surface area contributed by atoms with Crippen LogP contribution in [0.2, 0.25) is 0 Å². The number of carbonyl (C=O) groups excluding carboxylic acids is 1. The van der Waals surface area contributed by atoms with Crippen molar-refractivity contribution in [3.63, 3.8) is 0 Å². The monoisotopic (exact) mass is 405 g/mol. The van der Waals surface area contributed by atoms with Gasteiger partial charge in [-0.25, -0.2) is 9.18 Å². The number of carbonyl (C=O) groups is 1. The minimum Gasteiger partial charge on any atom is -0.462 e. The van der Waals surface area contributed by atoms with Crippen LogP contribution in [0.25, 0.3) is 10.9 Å². The molecule has 0 bridgehead atoms. The van der Waals surface area contributed by atoms with Gasteiger partial charge in [-0.2, -0.15) is 0 Å². The Hall–Kier alpha value is -2.06. The second-order valence-corrected chi connectivity index (χ2v) is 8.79. The summed E-state index contributed by atoms with van der Waals surface area (Å²) in [7, 11) is 4.06. The Balaban J connectivity index is 1.86. The maximum Gasteiger partial charge on any atom is 0.344 e. The van der Waals surface area contributed by atoms with Crippen LogP contribution >= 0.6 is 11.8 Å². The van der Waals surface area contributed by atoms with Crippen LogP contribution in [0.3, 0.4) is 0 Å². The summed E-state index contributed by atoms with van der Waals surface area (Å²) in [6, 6.07) is 3.42. The van der Waals surface area contributed by atoms with Crippen molar-refractivity contribution in [2.45, 2.75) is 36.7 Å². The van der Waals surface area contributed by atoms with E-state index >= 15 is 0 Å². The van der Waals surface area contributed by atoms with Gasteiger partial charge in [0, 0.05) is 24.5 Å². The van der Waals surface area contributed by atoms with Crippen molar-refractivity contribution in [2.24, 2.45) is 0 Å². The lowest BCUT2D eigenvalue weighted by Crippen LogP contribution is -2.32. The summed E-state index contributed by atoms with van der Waals surface area (Å²) in [5, 5.41) is 0.898. The molecule has 2 aliphatic heterocycles. The molecule has 4 rings (SSSR count). The molecule has 0 saturated carbocycles. The van der Waals surface area contributed by atoms with Gasteiger partial charge in [-0.1, -0.05) is 11.8 Å². The first-order valence-electron chi connectivity index (χ1n) is 9.50. The second-order valence-electron chi connectivity index (χ2n) is 7.49. The number of pyridine rings is 1. The highest BCUT2D eigenvalue weighted by Gasteiger charge is 2.34. The number of thioether (sulfide) groups is 1. The van der Waals surface area contributed by atoms with Gasteiger partial charge in [0.1, 0.15) is 11.4 Å². The molecular formula is C20H24FN3O3S. The van der Waals surface area contributed by atoms with Crippen LogP contribution in [0.5, 0.6) is 0 Å². The summed E-state index contributed by atoms with van der Waals surface area (Å²) >= 11 is 1.46. The SMILES string of the molecule is CCOC(=O)c1c2n(c3cc(N4CC[C@@H](N(C)C)C4)c(F)cc3c1=O)C(C)S2. The largest absolute Gasteiger partial charge is 0.462 e. The zero-order valence-corrected chi connectivity index (χ0v) is 17.3. The molecule has 6 nitrogen and oxygen atoms in total. The molecule has 2 aliphatic rings. The average Bonchev–Trinajstić information content (AvgIpc) is 3.12. The number of hydrogen-bond donors (Lipinski definition) is 0. The molecule has 8 heteroatoms. The molecular weight excluding hydrogens is 381 g/mol. The molecule has 1 aromatic carbocycles. The first-order valence-corrected chi connectivity index (χ1v) is 10.4. The van der Waals surface area contributed by atoms with Crippen LogP contribution in [-0.2, 0) is 4.74 Å². The van der Waals surface area contributed by atoms with Crippen molar-refractivity contribution in [1.82, 2.24) is 9.47 Å². The average molecular weight is 405 g/mol. The Kier molecular flexibility index (Phi) is 4.87. The molecule has 1 saturated heterocycles. The van der Waals surface area contributed by atoms with Gasteiger partial charge in [-0.3, -0.25) is 4.79 Å². The highest BCUT2D eigenvalue weighted by atomic mass is 32.2. The predicted octanol–water partition coefficient (Wildman–Crippen LogP) is 3.08. The number of hydrogen-bond acceptors (Lipinski definition) is 6. The van der Waals surface area contributed by atoms with E-state index in [1.807, 2.05) is 30.5 Å². The lowest BCUT2D eigenvalue weighted by molar-refractivity contribution is 0.0518. The zero-order valence-electron chi connectivity index (χ0n) is 16.5. The molecule has 1 unspecified atom stereocenters. The van der Waals surface area contributed by atoms with Crippen molar-refractivity contribution in [1.29, 1.82) is 0 Å². The van der Waals surface area contributed by atoms with Crippen LogP contribution in [-0.4, -0.2) is 55.3 Å². The van der Waals surface area contributed by atoms with Crippen LogP contribution < -0.4 is 10.3 Å². The molecule has 1 aromatic heterocycles. The summed E-state index contributed by atoms with van der Waals surface area (Å²) in [6.07, 6.45) is 0.969. The number of fused-ring (bicyclic) bond motifs is 3. The van der Waals surface area contributed by atoms with Crippen molar-refractivity contribution in [2.75, 3.05) is 38.7 Å². The van der Waals surface area contributed by atoms with Gasteiger partial charge < -0.3 is 19.1 Å². The van der Waals surface area contributed by atoms with Crippen LogP contribution in [0.4, 0.5) is 10.1 Å². The standard InChI is InChI=1S/C20H24FN3O3S/c1-5-27-20(26)17-18(25)13-8-14(21)16(23-7-6-12(10-23)22(3)4)9-15(13)24-11(2)28-19(17)24/h8-9,11-12H,5-7,10H2,1-4H3/t11?,12-/m1/s1. The molecule has 0 radical (unpaired) electrons. The van der Waals surface area contributed by atoms with Crippen molar-refractivity contribution >= 4 is 34.3 Å². The lowest BCUT2D eigenvalue weighted by atomic mass is 10.1. The molecule has 0 N–H and O–H groups in total. The van der Waals surface area contributed by atoms with Crippen LogP contribution in [0.15, 0.2) is 22.0 Å². The highest BCUT2D eigenvalue weighted by molar-refractivity contribution is 8.00. The number of nitrogens with zero attached hydrogens (tertiary/aromatic N) is 3. The fraction of sp³-hybridized carbons (Fsp3) is 0.500. The number of halogens is 1. The van der Waals surface area contributed by atoms with E-state index in [0.717, 1.165) is 19.5 Å². The van der Waals surface area contributed by atoms with Crippen molar-refractivity contribution in [3.05, 3.63) is 33.7 Å². The van der Waals surface area contributed by atoms with E-state index in [2.05, 4.69) is 4.90 Å². The molecule has 0 amide bonds. The number of likely N-dealkylation sites (N-methyl/N-ethyl adjacent to an activating group) is 1. The van der Waals surface area contributed by atoms with Gasteiger partial charge in [0.15, 0.2) is 0 Å². The summed E-state index contributed by atoms with van der Waals surface area (Å²) < 4.78 is 22.0. The van der Waals surface area contributed by atoms with Gasteiger partial charge >= 0.3 is 5.97 Å². The minimum absolute atomic E-state index is 0.0124. The number of benzene rings is 1. The molecule has 150 valence electrons. The van der Waals surface area contributed by atoms with Gasteiger partial charge in [-0.15, -0.1) is 0 Å². The lowest BCUT2D eigenvalue weighted by Gasteiger charge is -2.33. The van der Waals surface area contributed by atoms with E-state index in [1.165, 1.54) is 17.8 Å². The highest BCUT2D eigenvalue weighted by Crippen LogP contribution is 2.47. The van der Waals surface area contributed by atoms with Crippen molar-refractivity contribution in [3.8, 4) is 0 Å². The molecule has 2 aromatic rings. The Labute approximate surface area is 167 Å². The Bertz CT molecular complexity index is 1020. The topological polar surface area (TPSA) is 54.8 Å². The van der Waals surface area contributed by atoms with E-state index in [-0.39, 0.29) is 22.9 Å². The first kappa shape index (κ1) is 19.3. The quantitative estimate of drug-likeness (QED) is 0.729. The maximum atomic E-state index is 15.0. The van der Waals surface area contributed by atoms with E-state index in [1.54, 1.807) is 13.0 Å². The van der Waals surface area contributed by atoms with Crippen LogP contribution in [0.1, 0.15) is 36.0 Å². The molecule has 3 heterocycles. The Morgan fingerprint density at radius 1 is 1.39 bits per heavy atom. The fourth-order valence-corrected chi connectivity index (χ4v) is 5.19. The van der Waals surface area contributed by atoms with E-state index < -0.39 is 17.2 Å². The zero-order chi connectivity index (χ0) is 20.2. The van der Waals surface area contributed by atoms with Crippen molar-refractivity contribution < 1.29 is 13.9 Å². The van der Waals surface area contributed by atoms with E-state index in [4.69, 9.17) is 4.74 Å². The molecule has 0 spiro atoms.